The third kappa shape index (κ3) is 3.33. The number of piperidine rings is 1. The molecular formula is C13H20BrClN2O2S2. The van der Waals surface area contributed by atoms with Gasteiger partial charge in [0.1, 0.15) is 0 Å². The highest BCUT2D eigenvalue weighted by Gasteiger charge is 2.39. The monoisotopic (exact) mass is 414 g/mol. The first kappa shape index (κ1) is 17.7. The first-order chi connectivity index (χ1) is 9.38. The summed E-state index contributed by atoms with van der Waals surface area (Å²) in [4.78, 5) is 1.29. The maximum atomic E-state index is 12.8. The molecule has 2 atom stereocenters. The summed E-state index contributed by atoms with van der Waals surface area (Å²) in [7, 11) is -1.65. The van der Waals surface area contributed by atoms with Gasteiger partial charge in [-0.1, -0.05) is 0 Å². The van der Waals surface area contributed by atoms with E-state index in [9.17, 15) is 8.42 Å². The smallest absolute Gasteiger partial charge is 0.244 e. The fourth-order valence-corrected chi connectivity index (χ4v) is 7.12. The number of rotatable bonds is 3. The molecule has 0 radical (unpaired) electrons. The predicted octanol–water partition coefficient (Wildman–Crippen LogP) is 3.14. The SMILES string of the molecule is Cc1sc(Br)cc1S(=O)(=O)N(C)C1CC2CCC(C1)N2.Cl. The molecule has 2 unspecified atom stereocenters. The first-order valence-electron chi connectivity index (χ1n) is 6.88. The average molecular weight is 416 g/mol. The molecule has 21 heavy (non-hydrogen) atoms. The summed E-state index contributed by atoms with van der Waals surface area (Å²) in [5.41, 5.74) is 0. The van der Waals surface area contributed by atoms with Crippen LogP contribution in [0.15, 0.2) is 14.7 Å². The quantitative estimate of drug-likeness (QED) is 0.825. The van der Waals surface area contributed by atoms with Crippen molar-refractivity contribution in [2.24, 2.45) is 0 Å². The highest BCUT2D eigenvalue weighted by molar-refractivity contribution is 9.11. The van der Waals surface area contributed by atoms with Crippen molar-refractivity contribution in [3.8, 4) is 0 Å². The van der Waals surface area contributed by atoms with Crippen LogP contribution in [0.3, 0.4) is 0 Å². The molecule has 0 amide bonds. The van der Waals surface area contributed by atoms with Crippen LogP contribution in [0.1, 0.15) is 30.6 Å². The summed E-state index contributed by atoms with van der Waals surface area (Å²) in [5.74, 6) is 0. The Morgan fingerprint density at radius 3 is 2.38 bits per heavy atom. The zero-order chi connectivity index (χ0) is 14.5. The summed E-state index contributed by atoms with van der Waals surface area (Å²) in [6, 6.07) is 2.83. The number of halogens is 2. The second kappa shape index (κ2) is 6.45. The van der Waals surface area contributed by atoms with E-state index >= 15 is 0 Å². The Balaban J connectivity index is 0.00000161. The van der Waals surface area contributed by atoms with Crippen molar-refractivity contribution in [3.05, 3.63) is 14.7 Å². The maximum absolute atomic E-state index is 12.8. The zero-order valence-corrected chi connectivity index (χ0v) is 16.0. The molecule has 0 spiro atoms. The normalized spacial score (nSPS) is 28.7. The highest BCUT2D eigenvalue weighted by atomic mass is 79.9. The summed E-state index contributed by atoms with van der Waals surface area (Å²) >= 11 is 4.85. The van der Waals surface area contributed by atoms with Crippen LogP contribution in [-0.2, 0) is 10.0 Å². The summed E-state index contributed by atoms with van der Waals surface area (Å²) in [5, 5.41) is 3.55. The van der Waals surface area contributed by atoms with E-state index in [-0.39, 0.29) is 18.4 Å². The molecule has 2 aliphatic heterocycles. The maximum Gasteiger partial charge on any atom is 0.244 e. The Morgan fingerprint density at radius 2 is 1.90 bits per heavy atom. The standard InChI is InChI=1S/C13H19BrN2O2S2.ClH/c1-8-12(7-13(14)19-8)20(17,18)16(2)11-5-9-3-4-10(6-11)15-9;/h7,9-11,15H,3-6H2,1-2H3;1H. The van der Waals surface area contributed by atoms with E-state index in [2.05, 4.69) is 21.2 Å². The molecule has 2 bridgehead atoms. The third-order valence-electron chi connectivity index (χ3n) is 4.46. The summed E-state index contributed by atoms with van der Waals surface area (Å²) < 4.78 is 28.0. The van der Waals surface area contributed by atoms with Crippen LogP contribution < -0.4 is 5.32 Å². The number of fused-ring (bicyclic) bond motifs is 2. The van der Waals surface area contributed by atoms with Crippen LogP contribution >= 0.6 is 39.7 Å². The van der Waals surface area contributed by atoms with Gasteiger partial charge in [0, 0.05) is 30.1 Å². The topological polar surface area (TPSA) is 49.4 Å². The average Bonchev–Trinajstić information content (AvgIpc) is 2.90. The molecule has 1 aromatic rings. The third-order valence-corrected chi connectivity index (χ3v) is 8.18. The molecule has 8 heteroatoms. The van der Waals surface area contributed by atoms with Crippen molar-refractivity contribution >= 4 is 49.7 Å². The lowest BCUT2D eigenvalue weighted by Crippen LogP contribution is -2.48. The fourth-order valence-electron chi connectivity index (χ4n) is 3.36. The summed E-state index contributed by atoms with van der Waals surface area (Å²) in [6.45, 7) is 1.86. The van der Waals surface area contributed by atoms with Crippen LogP contribution in [0.2, 0.25) is 0 Å². The van der Waals surface area contributed by atoms with Gasteiger partial charge in [0.15, 0.2) is 0 Å². The second-order valence-corrected chi connectivity index (χ2v) is 10.4. The molecule has 0 saturated carbocycles. The van der Waals surface area contributed by atoms with Gasteiger partial charge >= 0.3 is 0 Å². The van der Waals surface area contributed by atoms with E-state index in [1.54, 1.807) is 17.4 Å². The molecule has 1 N–H and O–H groups in total. The van der Waals surface area contributed by atoms with E-state index in [0.717, 1.165) is 21.5 Å². The number of nitrogens with one attached hydrogen (secondary N) is 1. The van der Waals surface area contributed by atoms with E-state index in [4.69, 9.17) is 0 Å². The summed E-state index contributed by atoms with van der Waals surface area (Å²) in [6.07, 6.45) is 4.21. The molecule has 1 aromatic heterocycles. The van der Waals surface area contributed by atoms with E-state index in [0.29, 0.717) is 17.0 Å². The molecule has 3 rings (SSSR count). The Labute approximate surface area is 144 Å². The van der Waals surface area contributed by atoms with Gasteiger partial charge in [-0.05, 0) is 54.6 Å². The van der Waals surface area contributed by atoms with E-state index in [1.807, 2.05) is 6.92 Å². The van der Waals surface area contributed by atoms with Gasteiger partial charge in [0.05, 0.1) is 8.68 Å². The minimum absolute atomic E-state index is 0. The fraction of sp³-hybridized carbons (Fsp3) is 0.692. The van der Waals surface area contributed by atoms with Crippen molar-refractivity contribution in [1.82, 2.24) is 9.62 Å². The molecule has 2 aliphatic rings. The van der Waals surface area contributed by atoms with Crippen molar-refractivity contribution < 1.29 is 8.42 Å². The van der Waals surface area contributed by atoms with Gasteiger partial charge in [-0.25, -0.2) is 8.42 Å². The van der Waals surface area contributed by atoms with Gasteiger partial charge < -0.3 is 5.32 Å². The molecule has 4 nitrogen and oxygen atoms in total. The Bertz CT molecular complexity index is 608. The van der Waals surface area contributed by atoms with Crippen LogP contribution in [0.5, 0.6) is 0 Å². The number of sulfonamides is 1. The number of thiophene rings is 1. The van der Waals surface area contributed by atoms with Crippen molar-refractivity contribution in [1.29, 1.82) is 0 Å². The minimum Gasteiger partial charge on any atom is -0.311 e. The second-order valence-electron chi connectivity index (χ2n) is 5.76. The van der Waals surface area contributed by atoms with Gasteiger partial charge in [0.25, 0.3) is 0 Å². The molecule has 2 saturated heterocycles. The number of hydrogen-bond acceptors (Lipinski definition) is 4. The number of hydrogen-bond donors (Lipinski definition) is 1. The van der Waals surface area contributed by atoms with Crippen LogP contribution in [-0.4, -0.2) is 37.9 Å². The van der Waals surface area contributed by atoms with E-state index in [1.165, 1.54) is 24.2 Å². The Kier molecular flexibility index (Phi) is 5.43. The molecule has 120 valence electrons. The largest absolute Gasteiger partial charge is 0.311 e. The predicted molar refractivity (Wildman–Crippen MR) is 91.9 cm³/mol. The highest BCUT2D eigenvalue weighted by Crippen LogP contribution is 2.35. The molecule has 3 heterocycles. The van der Waals surface area contributed by atoms with Crippen LogP contribution in [0.4, 0.5) is 0 Å². The van der Waals surface area contributed by atoms with Gasteiger partial charge in [-0.15, -0.1) is 23.7 Å². The lowest BCUT2D eigenvalue weighted by Gasteiger charge is -2.34. The molecule has 2 fully saturated rings. The molecular weight excluding hydrogens is 396 g/mol. The van der Waals surface area contributed by atoms with Gasteiger partial charge in [-0.2, -0.15) is 4.31 Å². The zero-order valence-electron chi connectivity index (χ0n) is 12.0. The lowest BCUT2D eigenvalue weighted by molar-refractivity contribution is 0.251. The van der Waals surface area contributed by atoms with Crippen molar-refractivity contribution in [2.45, 2.75) is 55.6 Å². The van der Waals surface area contributed by atoms with Crippen molar-refractivity contribution in [3.63, 3.8) is 0 Å². The van der Waals surface area contributed by atoms with Crippen LogP contribution in [0, 0.1) is 6.92 Å². The van der Waals surface area contributed by atoms with E-state index < -0.39 is 10.0 Å². The van der Waals surface area contributed by atoms with Crippen molar-refractivity contribution in [2.75, 3.05) is 7.05 Å². The molecule has 0 aliphatic carbocycles. The van der Waals surface area contributed by atoms with Gasteiger partial charge in [-0.3, -0.25) is 0 Å². The van der Waals surface area contributed by atoms with Gasteiger partial charge in [0.2, 0.25) is 10.0 Å². The molecule has 0 aromatic carbocycles. The Morgan fingerprint density at radius 1 is 1.33 bits per heavy atom. The number of aryl methyl sites for hydroxylation is 1. The number of nitrogens with zero attached hydrogens (tertiary/aromatic N) is 1. The Hall–Kier alpha value is 0.340. The lowest BCUT2D eigenvalue weighted by atomic mass is 10.0. The first-order valence-corrected chi connectivity index (χ1v) is 9.93. The minimum atomic E-state index is -3.38. The van der Waals surface area contributed by atoms with Crippen LogP contribution in [0.25, 0.3) is 0 Å².